The molecule has 0 aliphatic carbocycles. The molecule has 3 aromatic rings. The third kappa shape index (κ3) is 4.31. The molecule has 1 N–H and O–H groups in total. The van der Waals surface area contributed by atoms with Gasteiger partial charge in [-0.15, -0.1) is 0 Å². The SMILES string of the molecule is O=C(CCc1ccc2c(c1)OCO2)NCc1ccc(-c2cccc(F)c2)cc1. The van der Waals surface area contributed by atoms with Crippen molar-refractivity contribution in [3.63, 3.8) is 0 Å². The predicted molar refractivity (Wildman–Crippen MR) is 105 cm³/mol. The lowest BCUT2D eigenvalue weighted by Gasteiger charge is -2.08. The van der Waals surface area contributed by atoms with Crippen molar-refractivity contribution in [2.45, 2.75) is 19.4 Å². The number of carbonyl (C=O) groups is 1. The molecule has 0 radical (unpaired) electrons. The van der Waals surface area contributed by atoms with E-state index >= 15 is 0 Å². The van der Waals surface area contributed by atoms with Crippen LogP contribution in [-0.2, 0) is 17.8 Å². The molecule has 28 heavy (non-hydrogen) atoms. The van der Waals surface area contributed by atoms with Gasteiger partial charge in [-0.2, -0.15) is 0 Å². The first-order valence-electron chi connectivity index (χ1n) is 9.17. The van der Waals surface area contributed by atoms with Gasteiger partial charge in [-0.1, -0.05) is 42.5 Å². The van der Waals surface area contributed by atoms with Crippen molar-refractivity contribution < 1.29 is 18.7 Å². The van der Waals surface area contributed by atoms with E-state index in [0.29, 0.717) is 19.4 Å². The quantitative estimate of drug-likeness (QED) is 0.689. The number of hydrogen-bond acceptors (Lipinski definition) is 3. The van der Waals surface area contributed by atoms with Crippen molar-refractivity contribution in [3.8, 4) is 22.6 Å². The molecule has 5 heteroatoms. The number of hydrogen-bond donors (Lipinski definition) is 1. The van der Waals surface area contributed by atoms with Gasteiger partial charge in [0, 0.05) is 13.0 Å². The molecule has 0 fully saturated rings. The minimum Gasteiger partial charge on any atom is -0.454 e. The van der Waals surface area contributed by atoms with Gasteiger partial charge in [0.1, 0.15) is 5.82 Å². The molecule has 0 atom stereocenters. The van der Waals surface area contributed by atoms with Crippen molar-refractivity contribution in [1.29, 1.82) is 0 Å². The Morgan fingerprint density at radius 3 is 2.50 bits per heavy atom. The second-order valence-corrected chi connectivity index (χ2v) is 6.67. The van der Waals surface area contributed by atoms with E-state index in [1.807, 2.05) is 48.5 Å². The molecule has 0 spiro atoms. The summed E-state index contributed by atoms with van der Waals surface area (Å²) in [5, 5.41) is 2.93. The first-order chi connectivity index (χ1) is 13.7. The molecule has 1 heterocycles. The maximum atomic E-state index is 13.3. The molecule has 0 aromatic heterocycles. The summed E-state index contributed by atoms with van der Waals surface area (Å²) in [6, 6.07) is 20.0. The van der Waals surface area contributed by atoms with Crippen LogP contribution in [-0.4, -0.2) is 12.7 Å². The van der Waals surface area contributed by atoms with Crippen LogP contribution < -0.4 is 14.8 Å². The van der Waals surface area contributed by atoms with Gasteiger partial charge < -0.3 is 14.8 Å². The van der Waals surface area contributed by atoms with Gasteiger partial charge in [-0.3, -0.25) is 4.79 Å². The van der Waals surface area contributed by atoms with Crippen LogP contribution >= 0.6 is 0 Å². The first kappa shape index (κ1) is 18.0. The zero-order valence-corrected chi connectivity index (χ0v) is 15.3. The molecule has 142 valence electrons. The van der Waals surface area contributed by atoms with Gasteiger partial charge in [-0.25, -0.2) is 4.39 Å². The van der Waals surface area contributed by atoms with E-state index in [1.54, 1.807) is 6.07 Å². The summed E-state index contributed by atoms with van der Waals surface area (Å²) in [7, 11) is 0. The van der Waals surface area contributed by atoms with Gasteiger partial charge in [-0.05, 0) is 52.9 Å². The van der Waals surface area contributed by atoms with Gasteiger partial charge in [0.05, 0.1) is 0 Å². The summed E-state index contributed by atoms with van der Waals surface area (Å²) < 4.78 is 24.0. The van der Waals surface area contributed by atoms with E-state index in [-0.39, 0.29) is 18.5 Å². The van der Waals surface area contributed by atoms with Gasteiger partial charge in [0.2, 0.25) is 12.7 Å². The number of fused-ring (bicyclic) bond motifs is 1. The van der Waals surface area contributed by atoms with E-state index < -0.39 is 0 Å². The van der Waals surface area contributed by atoms with Crippen molar-refractivity contribution in [3.05, 3.63) is 83.7 Å². The summed E-state index contributed by atoms with van der Waals surface area (Å²) >= 11 is 0. The van der Waals surface area contributed by atoms with Crippen LogP contribution in [0.4, 0.5) is 4.39 Å². The number of benzene rings is 3. The Balaban J connectivity index is 1.27. The molecule has 1 aliphatic heterocycles. The second-order valence-electron chi connectivity index (χ2n) is 6.67. The molecule has 4 rings (SSSR count). The molecule has 3 aromatic carbocycles. The summed E-state index contributed by atoms with van der Waals surface area (Å²) in [4.78, 5) is 12.1. The van der Waals surface area contributed by atoms with E-state index in [9.17, 15) is 9.18 Å². The maximum absolute atomic E-state index is 13.3. The van der Waals surface area contributed by atoms with Crippen molar-refractivity contribution in [1.82, 2.24) is 5.32 Å². The Hall–Kier alpha value is -3.34. The van der Waals surface area contributed by atoms with Crippen LogP contribution in [0.5, 0.6) is 11.5 Å². The van der Waals surface area contributed by atoms with E-state index in [4.69, 9.17) is 9.47 Å². The van der Waals surface area contributed by atoms with Gasteiger partial charge >= 0.3 is 0 Å². The standard InChI is InChI=1S/C23H20FNO3/c24-20-3-1-2-19(13-20)18-8-4-17(5-9-18)14-25-23(26)11-7-16-6-10-21-22(12-16)28-15-27-21/h1-6,8-10,12-13H,7,11,14-15H2,(H,25,26). The largest absolute Gasteiger partial charge is 0.454 e. The molecule has 1 aliphatic rings. The summed E-state index contributed by atoms with van der Waals surface area (Å²) in [5.74, 6) is 1.22. The van der Waals surface area contributed by atoms with Gasteiger partial charge in [0.25, 0.3) is 0 Å². The van der Waals surface area contributed by atoms with Crippen molar-refractivity contribution in [2.75, 3.05) is 6.79 Å². The van der Waals surface area contributed by atoms with Crippen LogP contribution in [0.25, 0.3) is 11.1 Å². The Bertz CT molecular complexity index is 985. The summed E-state index contributed by atoms with van der Waals surface area (Å²) in [6.07, 6.45) is 1.04. The van der Waals surface area contributed by atoms with Crippen LogP contribution in [0.2, 0.25) is 0 Å². The third-order valence-electron chi connectivity index (χ3n) is 4.68. The molecule has 0 saturated heterocycles. The van der Waals surface area contributed by atoms with Gasteiger partial charge in [0.15, 0.2) is 11.5 Å². The molecule has 0 bridgehead atoms. The fraction of sp³-hybridized carbons (Fsp3) is 0.174. The highest BCUT2D eigenvalue weighted by Crippen LogP contribution is 2.32. The fourth-order valence-electron chi connectivity index (χ4n) is 3.13. The molecule has 0 saturated carbocycles. The van der Waals surface area contributed by atoms with Crippen LogP contribution in [0, 0.1) is 5.82 Å². The summed E-state index contributed by atoms with van der Waals surface area (Å²) in [5.41, 5.74) is 3.81. The number of nitrogens with one attached hydrogen (secondary N) is 1. The highest BCUT2D eigenvalue weighted by molar-refractivity contribution is 5.76. The summed E-state index contributed by atoms with van der Waals surface area (Å²) in [6.45, 7) is 0.709. The second kappa shape index (κ2) is 8.13. The number of carbonyl (C=O) groups excluding carboxylic acids is 1. The Labute approximate surface area is 162 Å². The lowest BCUT2D eigenvalue weighted by molar-refractivity contribution is -0.121. The minimum absolute atomic E-state index is 0.00752. The molecular weight excluding hydrogens is 357 g/mol. The highest BCUT2D eigenvalue weighted by Gasteiger charge is 2.13. The predicted octanol–water partition coefficient (Wildman–Crippen LogP) is 4.47. The minimum atomic E-state index is -0.253. The number of rotatable bonds is 6. The van der Waals surface area contributed by atoms with Crippen molar-refractivity contribution >= 4 is 5.91 Å². The zero-order valence-electron chi connectivity index (χ0n) is 15.3. The van der Waals surface area contributed by atoms with E-state index in [1.165, 1.54) is 12.1 Å². The monoisotopic (exact) mass is 377 g/mol. The molecule has 0 unspecified atom stereocenters. The Morgan fingerprint density at radius 1 is 0.893 bits per heavy atom. The normalized spacial score (nSPS) is 12.0. The van der Waals surface area contributed by atoms with Crippen molar-refractivity contribution in [2.24, 2.45) is 0 Å². The third-order valence-corrected chi connectivity index (χ3v) is 4.68. The lowest BCUT2D eigenvalue weighted by Crippen LogP contribution is -2.22. The van der Waals surface area contributed by atoms with E-state index in [2.05, 4.69) is 5.32 Å². The average molecular weight is 377 g/mol. The average Bonchev–Trinajstić information content (AvgIpc) is 3.19. The topological polar surface area (TPSA) is 47.6 Å². The maximum Gasteiger partial charge on any atom is 0.231 e. The Morgan fingerprint density at radius 2 is 1.68 bits per heavy atom. The molecule has 4 nitrogen and oxygen atoms in total. The number of halogens is 1. The van der Waals surface area contributed by atoms with Crippen LogP contribution in [0.3, 0.4) is 0 Å². The Kier molecular flexibility index (Phi) is 5.24. The number of ether oxygens (including phenoxy) is 2. The first-order valence-corrected chi connectivity index (χ1v) is 9.17. The van der Waals surface area contributed by atoms with Crippen LogP contribution in [0.1, 0.15) is 17.5 Å². The number of amides is 1. The highest BCUT2D eigenvalue weighted by atomic mass is 19.1. The fourth-order valence-corrected chi connectivity index (χ4v) is 3.13. The number of aryl methyl sites for hydroxylation is 1. The molecular formula is C23H20FNO3. The lowest BCUT2D eigenvalue weighted by atomic mass is 10.0. The molecule has 1 amide bonds. The smallest absolute Gasteiger partial charge is 0.231 e. The van der Waals surface area contributed by atoms with E-state index in [0.717, 1.165) is 33.8 Å². The van der Waals surface area contributed by atoms with Crippen LogP contribution in [0.15, 0.2) is 66.7 Å². The zero-order chi connectivity index (χ0) is 19.3.